The van der Waals surface area contributed by atoms with Crippen molar-refractivity contribution in [2.75, 3.05) is 7.11 Å². The van der Waals surface area contributed by atoms with Gasteiger partial charge in [0, 0.05) is 11.1 Å². The first kappa shape index (κ1) is 14.1. The Morgan fingerprint density at radius 1 is 1.05 bits per heavy atom. The van der Waals surface area contributed by atoms with Crippen molar-refractivity contribution in [3.63, 3.8) is 0 Å². The lowest BCUT2D eigenvalue weighted by molar-refractivity contribution is 0.0959. The fourth-order valence-electron chi connectivity index (χ4n) is 1.98. The van der Waals surface area contributed by atoms with Gasteiger partial charge in [-0.3, -0.25) is 4.79 Å². The Hall–Kier alpha value is -2.33. The van der Waals surface area contributed by atoms with Gasteiger partial charge in [-0.1, -0.05) is 36.4 Å². The molecule has 2 aromatic carbocycles. The molecule has 4 heteroatoms. The van der Waals surface area contributed by atoms with Gasteiger partial charge in [0.2, 0.25) is 5.91 Å². The lowest BCUT2D eigenvalue weighted by Gasteiger charge is -2.12. The van der Waals surface area contributed by atoms with E-state index >= 15 is 0 Å². The molecule has 0 fully saturated rings. The van der Waals surface area contributed by atoms with E-state index < -0.39 is 5.91 Å². The lowest BCUT2D eigenvalue weighted by Crippen LogP contribution is -2.15. The van der Waals surface area contributed by atoms with E-state index in [4.69, 9.17) is 15.2 Å². The summed E-state index contributed by atoms with van der Waals surface area (Å²) in [7, 11) is 1.56. The third kappa shape index (κ3) is 3.36. The zero-order chi connectivity index (χ0) is 14.4. The highest BCUT2D eigenvalue weighted by molar-refractivity contribution is 5.95. The average molecular weight is 271 g/mol. The van der Waals surface area contributed by atoms with E-state index in [2.05, 4.69) is 0 Å². The summed E-state index contributed by atoms with van der Waals surface area (Å²) < 4.78 is 10.9. The van der Waals surface area contributed by atoms with Crippen molar-refractivity contribution < 1.29 is 14.3 Å². The van der Waals surface area contributed by atoms with Crippen LogP contribution in [-0.4, -0.2) is 13.0 Å². The van der Waals surface area contributed by atoms with Gasteiger partial charge in [0.15, 0.2) is 0 Å². The Kier molecular flexibility index (Phi) is 4.74. The molecular formula is C16H17NO3. The van der Waals surface area contributed by atoms with Gasteiger partial charge in [0.25, 0.3) is 0 Å². The normalized spacial score (nSPS) is 10.2. The number of carbonyl (C=O) groups excluding carboxylic acids is 1. The van der Waals surface area contributed by atoms with Gasteiger partial charge in [-0.2, -0.15) is 0 Å². The third-order valence-electron chi connectivity index (χ3n) is 2.98. The Morgan fingerprint density at radius 2 is 1.80 bits per heavy atom. The van der Waals surface area contributed by atoms with E-state index in [0.717, 1.165) is 5.56 Å². The maximum absolute atomic E-state index is 11.4. The molecule has 0 saturated heterocycles. The van der Waals surface area contributed by atoms with Gasteiger partial charge in [-0.15, -0.1) is 0 Å². The van der Waals surface area contributed by atoms with E-state index in [-0.39, 0.29) is 6.61 Å². The number of hydrogen-bond donors (Lipinski definition) is 1. The lowest BCUT2D eigenvalue weighted by atomic mass is 10.1. The van der Waals surface area contributed by atoms with Gasteiger partial charge in [-0.25, -0.2) is 0 Å². The van der Waals surface area contributed by atoms with E-state index in [1.807, 2.05) is 30.3 Å². The molecule has 2 rings (SSSR count). The summed E-state index contributed by atoms with van der Waals surface area (Å²) in [5.41, 5.74) is 7.55. The quantitative estimate of drug-likeness (QED) is 0.878. The number of ether oxygens (including phenoxy) is 2. The first-order chi connectivity index (χ1) is 9.72. The van der Waals surface area contributed by atoms with Crippen LogP contribution in [0.2, 0.25) is 0 Å². The molecule has 2 aromatic rings. The summed E-state index contributed by atoms with van der Waals surface area (Å²) in [4.78, 5) is 11.4. The molecule has 0 aromatic heterocycles. The number of rotatable bonds is 6. The topological polar surface area (TPSA) is 61.5 Å². The molecule has 0 aliphatic carbocycles. The van der Waals surface area contributed by atoms with Crippen LogP contribution in [0.3, 0.4) is 0 Å². The van der Waals surface area contributed by atoms with Crippen molar-refractivity contribution in [2.24, 2.45) is 5.73 Å². The van der Waals surface area contributed by atoms with Crippen LogP contribution in [0.4, 0.5) is 0 Å². The standard InChI is InChI=1S/C16H17NO3/c1-19-15-9-5-8-13(16(17)18)14(15)11-20-10-12-6-3-2-4-7-12/h2-9H,10-11H2,1H3,(H2,17,18). The van der Waals surface area contributed by atoms with Crippen molar-refractivity contribution in [1.82, 2.24) is 0 Å². The van der Waals surface area contributed by atoms with Gasteiger partial charge >= 0.3 is 0 Å². The zero-order valence-corrected chi connectivity index (χ0v) is 11.3. The summed E-state index contributed by atoms with van der Waals surface area (Å²) in [6, 6.07) is 15.0. The predicted molar refractivity (Wildman–Crippen MR) is 76.4 cm³/mol. The monoisotopic (exact) mass is 271 g/mol. The highest BCUT2D eigenvalue weighted by Gasteiger charge is 2.13. The maximum Gasteiger partial charge on any atom is 0.249 e. The molecule has 0 saturated carbocycles. The molecule has 104 valence electrons. The number of primary amides is 1. The van der Waals surface area contributed by atoms with Gasteiger partial charge < -0.3 is 15.2 Å². The second-order valence-corrected chi connectivity index (χ2v) is 4.33. The van der Waals surface area contributed by atoms with Crippen LogP contribution in [0.1, 0.15) is 21.5 Å². The molecule has 20 heavy (non-hydrogen) atoms. The molecular weight excluding hydrogens is 254 g/mol. The molecule has 0 radical (unpaired) electrons. The molecule has 0 atom stereocenters. The Morgan fingerprint density at radius 3 is 2.45 bits per heavy atom. The SMILES string of the molecule is COc1cccc(C(N)=O)c1COCc1ccccc1. The molecule has 2 N–H and O–H groups in total. The summed E-state index contributed by atoms with van der Waals surface area (Å²) in [5.74, 6) is 0.122. The largest absolute Gasteiger partial charge is 0.496 e. The van der Waals surface area contributed by atoms with Crippen molar-refractivity contribution >= 4 is 5.91 Å². The summed E-state index contributed by atoms with van der Waals surface area (Å²) >= 11 is 0. The maximum atomic E-state index is 11.4. The predicted octanol–water partition coefficient (Wildman–Crippen LogP) is 2.51. The van der Waals surface area contributed by atoms with Crippen LogP contribution in [-0.2, 0) is 18.0 Å². The minimum atomic E-state index is -0.484. The van der Waals surface area contributed by atoms with E-state index in [1.54, 1.807) is 25.3 Å². The molecule has 0 unspecified atom stereocenters. The van der Waals surface area contributed by atoms with E-state index in [9.17, 15) is 4.79 Å². The molecule has 0 heterocycles. The minimum Gasteiger partial charge on any atom is -0.496 e. The second-order valence-electron chi connectivity index (χ2n) is 4.33. The minimum absolute atomic E-state index is 0.275. The van der Waals surface area contributed by atoms with Crippen molar-refractivity contribution in [1.29, 1.82) is 0 Å². The summed E-state index contributed by atoms with van der Waals surface area (Å²) in [5, 5.41) is 0. The first-order valence-electron chi connectivity index (χ1n) is 6.29. The van der Waals surface area contributed by atoms with Crippen molar-refractivity contribution in [3.05, 3.63) is 65.2 Å². The van der Waals surface area contributed by atoms with Gasteiger partial charge in [-0.05, 0) is 17.7 Å². The van der Waals surface area contributed by atoms with Crippen LogP contribution >= 0.6 is 0 Å². The molecule has 1 amide bonds. The van der Waals surface area contributed by atoms with Crippen LogP contribution < -0.4 is 10.5 Å². The van der Waals surface area contributed by atoms with Gasteiger partial charge in [0.1, 0.15) is 5.75 Å². The molecule has 0 bridgehead atoms. The number of methoxy groups -OCH3 is 1. The number of amides is 1. The Balaban J connectivity index is 2.10. The fraction of sp³-hybridized carbons (Fsp3) is 0.188. The molecule has 0 aliphatic heterocycles. The highest BCUT2D eigenvalue weighted by Crippen LogP contribution is 2.23. The number of benzene rings is 2. The fourth-order valence-corrected chi connectivity index (χ4v) is 1.98. The van der Waals surface area contributed by atoms with Crippen LogP contribution in [0.15, 0.2) is 48.5 Å². The second kappa shape index (κ2) is 6.73. The average Bonchev–Trinajstić information content (AvgIpc) is 2.48. The van der Waals surface area contributed by atoms with Crippen LogP contribution in [0.25, 0.3) is 0 Å². The number of hydrogen-bond acceptors (Lipinski definition) is 3. The van der Waals surface area contributed by atoms with E-state index in [1.165, 1.54) is 0 Å². The smallest absolute Gasteiger partial charge is 0.249 e. The third-order valence-corrected chi connectivity index (χ3v) is 2.98. The summed E-state index contributed by atoms with van der Waals surface area (Å²) in [6.45, 7) is 0.744. The molecule has 4 nitrogen and oxygen atoms in total. The van der Waals surface area contributed by atoms with Gasteiger partial charge in [0.05, 0.1) is 20.3 Å². The Labute approximate surface area is 118 Å². The van der Waals surface area contributed by atoms with Crippen LogP contribution in [0.5, 0.6) is 5.75 Å². The zero-order valence-electron chi connectivity index (χ0n) is 11.3. The van der Waals surface area contributed by atoms with Crippen molar-refractivity contribution in [2.45, 2.75) is 13.2 Å². The number of nitrogens with two attached hydrogens (primary N) is 1. The number of carbonyl (C=O) groups is 1. The highest BCUT2D eigenvalue weighted by atomic mass is 16.5. The Bertz CT molecular complexity index is 582. The first-order valence-corrected chi connectivity index (χ1v) is 6.29. The molecule has 0 aliphatic rings. The van der Waals surface area contributed by atoms with Crippen molar-refractivity contribution in [3.8, 4) is 5.75 Å². The van der Waals surface area contributed by atoms with E-state index in [0.29, 0.717) is 23.5 Å². The van der Waals surface area contributed by atoms with Crippen LogP contribution in [0, 0.1) is 0 Å². The summed E-state index contributed by atoms with van der Waals surface area (Å²) in [6.07, 6.45) is 0. The molecule has 0 spiro atoms.